The number of nitrogens with zero attached hydrogens (tertiary/aromatic N) is 3. The molecule has 0 saturated carbocycles. The first-order chi connectivity index (χ1) is 7.34. The van der Waals surface area contributed by atoms with Crippen LogP contribution in [0.3, 0.4) is 0 Å². The smallest absolute Gasteiger partial charge is 0.0738 e. The van der Waals surface area contributed by atoms with Crippen LogP contribution in [-0.2, 0) is 18.3 Å². The molecular formula is C10H20N4O. The van der Waals surface area contributed by atoms with Crippen LogP contribution >= 0.6 is 0 Å². The van der Waals surface area contributed by atoms with Crippen molar-refractivity contribution in [2.45, 2.75) is 26.3 Å². The van der Waals surface area contributed by atoms with Crippen LogP contribution in [0.1, 0.15) is 25.5 Å². The number of aryl methyl sites for hydroxylation is 1. The van der Waals surface area contributed by atoms with Gasteiger partial charge in [0.05, 0.1) is 11.9 Å². The van der Waals surface area contributed by atoms with Gasteiger partial charge < -0.3 is 10.1 Å². The molecule has 1 N–H and O–H groups in total. The van der Waals surface area contributed by atoms with Gasteiger partial charge in [-0.25, -0.2) is 0 Å². The van der Waals surface area contributed by atoms with Crippen LogP contribution in [0.15, 0.2) is 6.20 Å². The van der Waals surface area contributed by atoms with Gasteiger partial charge in [0, 0.05) is 26.8 Å². The summed E-state index contributed by atoms with van der Waals surface area (Å²) in [6.07, 6.45) is 3.92. The van der Waals surface area contributed by atoms with Crippen LogP contribution in [0, 0.1) is 0 Å². The number of aromatic nitrogens is 3. The molecule has 0 saturated heterocycles. The molecule has 1 heterocycles. The molecule has 0 aliphatic carbocycles. The van der Waals surface area contributed by atoms with E-state index in [0.717, 1.165) is 44.8 Å². The standard InChI is InChI=1S/C10H20N4O/c1-3-6-15-7-4-5-11-8-10-9-12-13-14(10)2/h9,11H,3-8H2,1-2H3. The van der Waals surface area contributed by atoms with Gasteiger partial charge >= 0.3 is 0 Å². The van der Waals surface area contributed by atoms with Crippen LogP contribution in [-0.4, -0.2) is 34.8 Å². The summed E-state index contributed by atoms with van der Waals surface area (Å²) >= 11 is 0. The molecule has 0 amide bonds. The van der Waals surface area contributed by atoms with Crippen LogP contribution < -0.4 is 5.32 Å². The molecule has 1 aromatic heterocycles. The molecule has 1 rings (SSSR count). The largest absolute Gasteiger partial charge is 0.381 e. The summed E-state index contributed by atoms with van der Waals surface area (Å²) in [7, 11) is 1.90. The van der Waals surface area contributed by atoms with Crippen molar-refractivity contribution in [3.8, 4) is 0 Å². The highest BCUT2D eigenvalue weighted by Crippen LogP contribution is 1.92. The predicted octanol–water partition coefficient (Wildman–Crippen LogP) is 0.721. The first-order valence-corrected chi connectivity index (χ1v) is 5.46. The van der Waals surface area contributed by atoms with E-state index in [-0.39, 0.29) is 0 Å². The van der Waals surface area contributed by atoms with Crippen molar-refractivity contribution in [3.63, 3.8) is 0 Å². The van der Waals surface area contributed by atoms with Crippen molar-refractivity contribution in [1.29, 1.82) is 0 Å². The van der Waals surface area contributed by atoms with Gasteiger partial charge in [-0.05, 0) is 19.4 Å². The fraction of sp³-hybridized carbons (Fsp3) is 0.800. The molecule has 0 aliphatic rings. The molecule has 1 aromatic rings. The van der Waals surface area contributed by atoms with Crippen molar-refractivity contribution < 1.29 is 4.74 Å². The van der Waals surface area contributed by atoms with Gasteiger partial charge in [0.15, 0.2) is 0 Å². The summed E-state index contributed by atoms with van der Waals surface area (Å²) in [5.41, 5.74) is 1.10. The third-order valence-electron chi connectivity index (χ3n) is 2.11. The average Bonchev–Trinajstić information content (AvgIpc) is 2.63. The molecule has 0 unspecified atom stereocenters. The van der Waals surface area contributed by atoms with Crippen molar-refractivity contribution in [1.82, 2.24) is 20.3 Å². The molecule has 0 bridgehead atoms. The SMILES string of the molecule is CCCOCCCNCc1cnnn1C. The lowest BCUT2D eigenvalue weighted by Gasteiger charge is -2.04. The van der Waals surface area contributed by atoms with Crippen LogP contribution in [0.25, 0.3) is 0 Å². The van der Waals surface area contributed by atoms with Crippen molar-refractivity contribution >= 4 is 0 Å². The molecule has 0 aliphatic heterocycles. The van der Waals surface area contributed by atoms with E-state index in [9.17, 15) is 0 Å². The maximum Gasteiger partial charge on any atom is 0.0738 e. The Labute approximate surface area is 90.8 Å². The minimum absolute atomic E-state index is 0.817. The Bertz CT molecular complexity index is 262. The van der Waals surface area contributed by atoms with Gasteiger partial charge in [-0.1, -0.05) is 12.1 Å². The van der Waals surface area contributed by atoms with Gasteiger partial charge in [0.2, 0.25) is 0 Å². The van der Waals surface area contributed by atoms with E-state index >= 15 is 0 Å². The summed E-state index contributed by atoms with van der Waals surface area (Å²) in [4.78, 5) is 0. The van der Waals surface area contributed by atoms with Crippen LogP contribution in [0.2, 0.25) is 0 Å². The molecule has 15 heavy (non-hydrogen) atoms. The average molecular weight is 212 g/mol. The molecule has 0 spiro atoms. The molecule has 0 aromatic carbocycles. The third-order valence-corrected chi connectivity index (χ3v) is 2.11. The number of rotatable bonds is 8. The summed E-state index contributed by atoms with van der Waals surface area (Å²) in [5.74, 6) is 0. The molecule has 86 valence electrons. The van der Waals surface area contributed by atoms with Gasteiger partial charge in [0.1, 0.15) is 0 Å². The second kappa shape index (κ2) is 7.36. The van der Waals surface area contributed by atoms with Crippen molar-refractivity contribution in [2.75, 3.05) is 19.8 Å². The number of hydrogen-bond donors (Lipinski definition) is 1. The van der Waals surface area contributed by atoms with E-state index in [2.05, 4.69) is 22.6 Å². The van der Waals surface area contributed by atoms with Gasteiger partial charge in [-0.15, -0.1) is 5.10 Å². The minimum atomic E-state index is 0.817. The lowest BCUT2D eigenvalue weighted by Crippen LogP contribution is -2.18. The lowest BCUT2D eigenvalue weighted by molar-refractivity contribution is 0.132. The van der Waals surface area contributed by atoms with E-state index in [4.69, 9.17) is 4.74 Å². The molecule has 0 fully saturated rings. The Morgan fingerprint density at radius 3 is 3.00 bits per heavy atom. The molecule has 0 atom stereocenters. The summed E-state index contributed by atoms with van der Waals surface area (Å²) in [6, 6.07) is 0. The monoisotopic (exact) mass is 212 g/mol. The minimum Gasteiger partial charge on any atom is -0.381 e. The first kappa shape index (κ1) is 12.1. The second-order valence-electron chi connectivity index (χ2n) is 3.49. The van der Waals surface area contributed by atoms with E-state index in [1.807, 2.05) is 7.05 Å². The number of hydrogen-bond acceptors (Lipinski definition) is 4. The Morgan fingerprint density at radius 1 is 1.47 bits per heavy atom. The lowest BCUT2D eigenvalue weighted by atomic mass is 10.4. The Kier molecular flexibility index (Phi) is 5.96. The maximum absolute atomic E-state index is 5.37. The highest BCUT2D eigenvalue weighted by molar-refractivity contribution is 4.91. The first-order valence-electron chi connectivity index (χ1n) is 5.46. The van der Waals surface area contributed by atoms with Crippen LogP contribution in [0.4, 0.5) is 0 Å². The quantitative estimate of drug-likeness (QED) is 0.645. The summed E-state index contributed by atoms with van der Waals surface area (Å²) in [5, 5.41) is 11.0. The zero-order valence-electron chi connectivity index (χ0n) is 9.57. The zero-order valence-corrected chi connectivity index (χ0v) is 9.57. The maximum atomic E-state index is 5.37. The zero-order chi connectivity index (χ0) is 10.9. The molecule has 5 heteroatoms. The number of nitrogens with one attached hydrogen (secondary N) is 1. The Morgan fingerprint density at radius 2 is 2.33 bits per heavy atom. The van der Waals surface area contributed by atoms with Gasteiger partial charge in [-0.3, -0.25) is 4.68 Å². The normalized spacial score (nSPS) is 10.8. The van der Waals surface area contributed by atoms with Gasteiger partial charge in [0.25, 0.3) is 0 Å². The number of ether oxygens (including phenoxy) is 1. The fourth-order valence-corrected chi connectivity index (χ4v) is 1.23. The summed E-state index contributed by atoms with van der Waals surface area (Å²) in [6.45, 7) is 5.61. The Hall–Kier alpha value is -0.940. The van der Waals surface area contributed by atoms with Crippen molar-refractivity contribution in [3.05, 3.63) is 11.9 Å². The van der Waals surface area contributed by atoms with Gasteiger partial charge in [-0.2, -0.15) is 0 Å². The predicted molar refractivity (Wildman–Crippen MR) is 58.4 cm³/mol. The van der Waals surface area contributed by atoms with Crippen LogP contribution in [0.5, 0.6) is 0 Å². The molecular weight excluding hydrogens is 192 g/mol. The summed E-state index contributed by atoms with van der Waals surface area (Å²) < 4.78 is 7.15. The fourth-order valence-electron chi connectivity index (χ4n) is 1.23. The highest BCUT2D eigenvalue weighted by Gasteiger charge is 1.97. The Balaban J connectivity index is 1.96. The second-order valence-corrected chi connectivity index (χ2v) is 3.49. The topological polar surface area (TPSA) is 52.0 Å². The van der Waals surface area contributed by atoms with E-state index in [1.165, 1.54) is 0 Å². The van der Waals surface area contributed by atoms with Crippen molar-refractivity contribution in [2.24, 2.45) is 7.05 Å². The molecule has 5 nitrogen and oxygen atoms in total. The highest BCUT2D eigenvalue weighted by atomic mass is 16.5. The molecule has 0 radical (unpaired) electrons. The van der Waals surface area contributed by atoms with E-state index in [0.29, 0.717) is 0 Å². The van der Waals surface area contributed by atoms with E-state index in [1.54, 1.807) is 10.9 Å². The van der Waals surface area contributed by atoms with E-state index < -0.39 is 0 Å². The third kappa shape index (κ3) is 4.90.